The summed E-state index contributed by atoms with van der Waals surface area (Å²) in [6.07, 6.45) is 3.33. The van der Waals surface area contributed by atoms with Gasteiger partial charge in [0, 0.05) is 5.56 Å². The first-order valence-corrected chi connectivity index (χ1v) is 5.10. The summed E-state index contributed by atoms with van der Waals surface area (Å²) in [4.78, 5) is 0. The fourth-order valence-corrected chi connectivity index (χ4v) is 1.38. The van der Waals surface area contributed by atoms with E-state index in [0.717, 1.165) is 16.9 Å². The van der Waals surface area contributed by atoms with E-state index in [0.29, 0.717) is 13.2 Å². The molecular formula is C13H14O3. The average molecular weight is 218 g/mol. The van der Waals surface area contributed by atoms with Crippen molar-refractivity contribution in [2.45, 2.75) is 13.2 Å². The summed E-state index contributed by atoms with van der Waals surface area (Å²) in [6.45, 7) is 1.16. The molecule has 0 unspecified atom stereocenters. The van der Waals surface area contributed by atoms with E-state index in [1.54, 1.807) is 19.6 Å². The van der Waals surface area contributed by atoms with Crippen LogP contribution in [0.2, 0.25) is 0 Å². The standard InChI is InChI=1S/C13H14O3/c1-14-13-4-2-11(3-5-13)8-16-10-12-6-7-15-9-12/h2-7,9H,8,10H2,1H3. The molecule has 1 heterocycles. The molecule has 0 aliphatic carbocycles. The van der Waals surface area contributed by atoms with E-state index in [1.807, 2.05) is 30.3 Å². The van der Waals surface area contributed by atoms with Gasteiger partial charge in [0.25, 0.3) is 0 Å². The number of hydrogen-bond acceptors (Lipinski definition) is 3. The van der Waals surface area contributed by atoms with Crippen molar-refractivity contribution in [2.24, 2.45) is 0 Å². The summed E-state index contributed by atoms with van der Waals surface area (Å²) < 4.78 is 15.6. The predicted octanol–water partition coefficient (Wildman–Crippen LogP) is 3.01. The second-order valence-electron chi connectivity index (χ2n) is 3.47. The van der Waals surface area contributed by atoms with Crippen molar-refractivity contribution in [1.82, 2.24) is 0 Å². The quantitative estimate of drug-likeness (QED) is 0.773. The molecule has 0 radical (unpaired) electrons. The predicted molar refractivity (Wildman–Crippen MR) is 60.2 cm³/mol. The van der Waals surface area contributed by atoms with Gasteiger partial charge in [-0.2, -0.15) is 0 Å². The van der Waals surface area contributed by atoms with Crippen LogP contribution in [-0.2, 0) is 18.0 Å². The third-order valence-electron chi connectivity index (χ3n) is 2.28. The first-order valence-electron chi connectivity index (χ1n) is 5.10. The lowest BCUT2D eigenvalue weighted by atomic mass is 10.2. The van der Waals surface area contributed by atoms with Gasteiger partial charge in [-0.3, -0.25) is 0 Å². The molecular weight excluding hydrogens is 204 g/mol. The van der Waals surface area contributed by atoms with Gasteiger partial charge in [0.2, 0.25) is 0 Å². The Hall–Kier alpha value is -1.74. The van der Waals surface area contributed by atoms with Crippen molar-refractivity contribution in [1.29, 1.82) is 0 Å². The average Bonchev–Trinajstić information content (AvgIpc) is 2.83. The SMILES string of the molecule is COc1ccc(COCc2ccoc2)cc1. The maximum Gasteiger partial charge on any atom is 0.118 e. The first-order chi connectivity index (χ1) is 7.88. The van der Waals surface area contributed by atoms with Gasteiger partial charge >= 0.3 is 0 Å². The van der Waals surface area contributed by atoms with Crippen LogP contribution in [0.15, 0.2) is 47.3 Å². The summed E-state index contributed by atoms with van der Waals surface area (Å²) in [7, 11) is 1.66. The fraction of sp³-hybridized carbons (Fsp3) is 0.231. The molecule has 1 aromatic carbocycles. The second kappa shape index (κ2) is 5.37. The Morgan fingerprint density at radius 1 is 1.00 bits per heavy atom. The van der Waals surface area contributed by atoms with Crippen LogP contribution in [0.1, 0.15) is 11.1 Å². The van der Waals surface area contributed by atoms with E-state index in [-0.39, 0.29) is 0 Å². The smallest absolute Gasteiger partial charge is 0.118 e. The van der Waals surface area contributed by atoms with Gasteiger partial charge in [0.15, 0.2) is 0 Å². The highest BCUT2D eigenvalue weighted by Gasteiger charge is 1.97. The number of ether oxygens (including phenoxy) is 2. The second-order valence-corrected chi connectivity index (χ2v) is 3.47. The van der Waals surface area contributed by atoms with E-state index in [4.69, 9.17) is 13.9 Å². The fourth-order valence-electron chi connectivity index (χ4n) is 1.38. The molecule has 0 amide bonds. The summed E-state index contributed by atoms with van der Waals surface area (Å²) in [5, 5.41) is 0. The lowest BCUT2D eigenvalue weighted by Crippen LogP contribution is -1.93. The summed E-state index contributed by atoms with van der Waals surface area (Å²) in [5.74, 6) is 0.860. The van der Waals surface area contributed by atoms with Crippen LogP contribution in [0.3, 0.4) is 0 Å². The van der Waals surface area contributed by atoms with E-state index in [1.165, 1.54) is 0 Å². The molecule has 0 spiro atoms. The normalized spacial score (nSPS) is 10.3. The molecule has 2 rings (SSSR count). The molecule has 0 saturated heterocycles. The highest BCUT2D eigenvalue weighted by Crippen LogP contribution is 2.12. The summed E-state index contributed by atoms with van der Waals surface area (Å²) in [6, 6.07) is 9.74. The Morgan fingerprint density at radius 2 is 1.75 bits per heavy atom. The largest absolute Gasteiger partial charge is 0.497 e. The van der Waals surface area contributed by atoms with Crippen molar-refractivity contribution in [3.63, 3.8) is 0 Å². The maximum atomic E-state index is 5.54. The minimum Gasteiger partial charge on any atom is -0.497 e. The summed E-state index contributed by atoms with van der Waals surface area (Å²) >= 11 is 0. The van der Waals surface area contributed by atoms with E-state index in [9.17, 15) is 0 Å². The lowest BCUT2D eigenvalue weighted by Gasteiger charge is -2.04. The molecule has 3 nitrogen and oxygen atoms in total. The number of hydrogen-bond donors (Lipinski definition) is 0. The van der Waals surface area contributed by atoms with Crippen molar-refractivity contribution in [3.05, 3.63) is 54.0 Å². The van der Waals surface area contributed by atoms with Gasteiger partial charge in [0.1, 0.15) is 5.75 Å². The topological polar surface area (TPSA) is 31.6 Å². The van der Waals surface area contributed by atoms with Crippen LogP contribution in [0.5, 0.6) is 5.75 Å². The molecule has 0 aliphatic heterocycles. The molecule has 0 bridgehead atoms. The number of furan rings is 1. The molecule has 84 valence electrons. The Balaban J connectivity index is 1.81. The van der Waals surface area contributed by atoms with Gasteiger partial charge in [-0.25, -0.2) is 0 Å². The molecule has 0 atom stereocenters. The minimum absolute atomic E-state index is 0.572. The zero-order valence-electron chi connectivity index (χ0n) is 9.18. The number of benzene rings is 1. The van der Waals surface area contributed by atoms with Crippen LogP contribution in [0.4, 0.5) is 0 Å². The molecule has 1 aromatic heterocycles. The van der Waals surface area contributed by atoms with Gasteiger partial charge in [-0.15, -0.1) is 0 Å². The Labute approximate surface area is 94.6 Å². The van der Waals surface area contributed by atoms with Crippen LogP contribution >= 0.6 is 0 Å². The van der Waals surface area contributed by atoms with Crippen LogP contribution in [0.25, 0.3) is 0 Å². The number of rotatable bonds is 5. The van der Waals surface area contributed by atoms with E-state index in [2.05, 4.69) is 0 Å². The summed E-state index contributed by atoms with van der Waals surface area (Å²) in [5.41, 5.74) is 2.18. The van der Waals surface area contributed by atoms with Crippen molar-refractivity contribution in [3.8, 4) is 5.75 Å². The van der Waals surface area contributed by atoms with Gasteiger partial charge in [0.05, 0.1) is 32.8 Å². The lowest BCUT2D eigenvalue weighted by molar-refractivity contribution is 0.106. The molecule has 2 aromatic rings. The van der Waals surface area contributed by atoms with Gasteiger partial charge < -0.3 is 13.9 Å². The maximum absolute atomic E-state index is 5.54. The van der Waals surface area contributed by atoms with Crippen molar-refractivity contribution >= 4 is 0 Å². The molecule has 3 heteroatoms. The monoisotopic (exact) mass is 218 g/mol. The third-order valence-corrected chi connectivity index (χ3v) is 2.28. The zero-order chi connectivity index (χ0) is 11.2. The van der Waals surface area contributed by atoms with Gasteiger partial charge in [-0.05, 0) is 23.8 Å². The van der Waals surface area contributed by atoms with Gasteiger partial charge in [-0.1, -0.05) is 12.1 Å². The Kier molecular flexibility index (Phi) is 3.62. The molecule has 0 aliphatic rings. The van der Waals surface area contributed by atoms with Crippen LogP contribution in [0, 0.1) is 0 Å². The molecule has 0 fully saturated rings. The van der Waals surface area contributed by atoms with Crippen molar-refractivity contribution < 1.29 is 13.9 Å². The third kappa shape index (κ3) is 2.87. The zero-order valence-corrected chi connectivity index (χ0v) is 9.18. The Morgan fingerprint density at radius 3 is 2.38 bits per heavy atom. The number of methoxy groups -OCH3 is 1. The van der Waals surface area contributed by atoms with Crippen molar-refractivity contribution in [2.75, 3.05) is 7.11 Å². The highest BCUT2D eigenvalue weighted by atomic mass is 16.5. The van der Waals surface area contributed by atoms with E-state index < -0.39 is 0 Å². The molecule has 0 saturated carbocycles. The molecule has 16 heavy (non-hydrogen) atoms. The minimum atomic E-state index is 0.572. The first kappa shape index (κ1) is 10.8. The van der Waals surface area contributed by atoms with E-state index >= 15 is 0 Å². The Bertz CT molecular complexity index is 403. The highest BCUT2D eigenvalue weighted by molar-refractivity contribution is 5.26. The molecule has 0 N–H and O–H groups in total. The van der Waals surface area contributed by atoms with Crippen LogP contribution < -0.4 is 4.74 Å². The van der Waals surface area contributed by atoms with Crippen LogP contribution in [-0.4, -0.2) is 7.11 Å².